The van der Waals surface area contributed by atoms with Crippen LogP contribution in [0.1, 0.15) is 0 Å². The summed E-state index contributed by atoms with van der Waals surface area (Å²) in [4.78, 5) is 12.2. The molecule has 0 bridgehead atoms. The zero-order chi connectivity index (χ0) is 13.9. The number of rotatable bonds is 3. The van der Waals surface area contributed by atoms with Gasteiger partial charge in [0, 0.05) is 24.0 Å². The second-order valence-corrected chi connectivity index (χ2v) is 5.79. The molecular weight excluding hydrogens is 296 g/mol. The second kappa shape index (κ2) is 5.87. The largest absolute Gasteiger partial charge is 0.323 e. The van der Waals surface area contributed by atoms with Crippen LogP contribution < -0.4 is 10.6 Å². The first-order valence-electron chi connectivity index (χ1n) is 6.16. The van der Waals surface area contributed by atoms with Crippen molar-refractivity contribution in [2.45, 2.75) is 6.04 Å². The van der Waals surface area contributed by atoms with Crippen molar-refractivity contribution in [3.63, 3.8) is 0 Å². The highest BCUT2D eigenvalue weighted by molar-refractivity contribution is 7.99. The number of nitrogens with zero attached hydrogens (tertiary/aromatic N) is 2. The fraction of sp³-hybridized carbons (Fsp3) is 0.231. The molecule has 1 fully saturated rings. The van der Waals surface area contributed by atoms with E-state index in [1.54, 1.807) is 34.9 Å². The maximum absolute atomic E-state index is 12.2. The van der Waals surface area contributed by atoms with Crippen LogP contribution in [0.25, 0.3) is 5.69 Å². The highest BCUT2D eigenvalue weighted by Gasteiger charge is 2.23. The van der Waals surface area contributed by atoms with Crippen LogP contribution in [0.15, 0.2) is 36.7 Å². The smallest absolute Gasteiger partial charge is 0.242 e. The molecule has 0 aliphatic carbocycles. The predicted molar refractivity (Wildman–Crippen MR) is 81.5 cm³/mol. The van der Waals surface area contributed by atoms with Gasteiger partial charge < -0.3 is 5.32 Å². The topological polar surface area (TPSA) is 59.0 Å². The van der Waals surface area contributed by atoms with Gasteiger partial charge in [0.05, 0.1) is 16.8 Å². The van der Waals surface area contributed by atoms with E-state index in [2.05, 4.69) is 15.7 Å². The van der Waals surface area contributed by atoms with Crippen molar-refractivity contribution in [3.8, 4) is 5.69 Å². The van der Waals surface area contributed by atoms with Gasteiger partial charge in [-0.1, -0.05) is 17.7 Å². The molecule has 20 heavy (non-hydrogen) atoms. The van der Waals surface area contributed by atoms with E-state index in [0.717, 1.165) is 11.6 Å². The number of anilines is 1. The Kier molecular flexibility index (Phi) is 3.95. The molecular formula is C13H13ClN4OS. The van der Waals surface area contributed by atoms with Gasteiger partial charge in [-0.2, -0.15) is 5.10 Å². The standard InChI is InChI=1S/C13H13ClN4OS/c14-9-3-1-4-10(12(9)18-6-2-5-16-18)17-13(19)11-7-20-8-15-11/h1-6,11,15H,7-8H2,(H,17,19). The Hall–Kier alpha value is -1.50. The quantitative estimate of drug-likeness (QED) is 0.912. The van der Waals surface area contributed by atoms with Crippen LogP contribution in [-0.2, 0) is 4.79 Å². The normalized spacial score (nSPS) is 18.1. The minimum Gasteiger partial charge on any atom is -0.323 e. The Balaban J connectivity index is 1.89. The van der Waals surface area contributed by atoms with Crippen LogP contribution in [-0.4, -0.2) is 33.4 Å². The van der Waals surface area contributed by atoms with E-state index in [9.17, 15) is 4.79 Å². The molecule has 2 N–H and O–H groups in total. The SMILES string of the molecule is O=C(Nc1cccc(Cl)c1-n1cccn1)C1CSCN1. The highest BCUT2D eigenvalue weighted by atomic mass is 35.5. The molecule has 7 heteroatoms. The summed E-state index contributed by atoms with van der Waals surface area (Å²) in [6, 6.07) is 7.05. The van der Waals surface area contributed by atoms with Crippen LogP contribution in [0.2, 0.25) is 5.02 Å². The molecule has 5 nitrogen and oxygen atoms in total. The number of nitrogens with one attached hydrogen (secondary N) is 2. The Bertz CT molecular complexity index is 611. The van der Waals surface area contributed by atoms with Gasteiger partial charge in [0.2, 0.25) is 5.91 Å². The van der Waals surface area contributed by atoms with E-state index >= 15 is 0 Å². The minimum atomic E-state index is -0.163. The fourth-order valence-electron chi connectivity index (χ4n) is 2.03. The number of benzene rings is 1. The molecule has 1 amide bonds. The Morgan fingerprint density at radius 2 is 2.40 bits per heavy atom. The molecule has 0 spiro atoms. The van der Waals surface area contributed by atoms with Gasteiger partial charge in [0.15, 0.2) is 0 Å². The summed E-state index contributed by atoms with van der Waals surface area (Å²) >= 11 is 7.94. The minimum absolute atomic E-state index is 0.0503. The molecule has 104 valence electrons. The first kappa shape index (κ1) is 13.5. The third kappa shape index (κ3) is 2.67. The number of halogens is 1. The summed E-state index contributed by atoms with van der Waals surface area (Å²) in [5, 5.41) is 10.8. The lowest BCUT2D eigenvalue weighted by atomic mass is 10.2. The lowest BCUT2D eigenvalue weighted by molar-refractivity contribution is -0.117. The summed E-state index contributed by atoms with van der Waals surface area (Å²) in [6.45, 7) is 0. The molecule has 1 atom stereocenters. The average molecular weight is 309 g/mol. The molecule has 2 heterocycles. The van der Waals surface area contributed by atoms with Gasteiger partial charge >= 0.3 is 0 Å². The molecule has 0 radical (unpaired) electrons. The van der Waals surface area contributed by atoms with Crippen molar-refractivity contribution in [2.75, 3.05) is 16.9 Å². The zero-order valence-electron chi connectivity index (χ0n) is 10.5. The number of amides is 1. The molecule has 1 unspecified atom stereocenters. The Morgan fingerprint density at radius 1 is 1.50 bits per heavy atom. The number of aromatic nitrogens is 2. The summed E-state index contributed by atoms with van der Waals surface area (Å²) in [7, 11) is 0. The lowest BCUT2D eigenvalue weighted by Crippen LogP contribution is -2.37. The van der Waals surface area contributed by atoms with Gasteiger partial charge in [-0.05, 0) is 18.2 Å². The van der Waals surface area contributed by atoms with Crippen molar-refractivity contribution in [2.24, 2.45) is 0 Å². The molecule has 1 aromatic heterocycles. The van der Waals surface area contributed by atoms with E-state index in [1.165, 1.54) is 0 Å². The van der Waals surface area contributed by atoms with E-state index in [4.69, 9.17) is 11.6 Å². The number of carbonyl (C=O) groups excluding carboxylic acids is 1. The van der Waals surface area contributed by atoms with Crippen molar-refractivity contribution in [3.05, 3.63) is 41.7 Å². The van der Waals surface area contributed by atoms with Crippen LogP contribution in [0.4, 0.5) is 5.69 Å². The zero-order valence-corrected chi connectivity index (χ0v) is 12.1. The van der Waals surface area contributed by atoms with Gasteiger partial charge in [0.1, 0.15) is 5.69 Å². The Morgan fingerprint density at radius 3 is 3.10 bits per heavy atom. The number of para-hydroxylation sites is 1. The summed E-state index contributed by atoms with van der Waals surface area (Å²) in [5.74, 6) is 1.54. The number of carbonyl (C=O) groups is 1. The van der Waals surface area contributed by atoms with E-state index in [1.807, 2.05) is 18.2 Å². The molecule has 1 aromatic carbocycles. The maximum atomic E-state index is 12.2. The van der Waals surface area contributed by atoms with Crippen molar-refractivity contribution in [1.29, 1.82) is 0 Å². The first-order chi connectivity index (χ1) is 9.75. The van der Waals surface area contributed by atoms with Crippen LogP contribution >= 0.6 is 23.4 Å². The van der Waals surface area contributed by atoms with E-state index in [-0.39, 0.29) is 11.9 Å². The third-order valence-electron chi connectivity index (χ3n) is 3.01. The second-order valence-electron chi connectivity index (χ2n) is 4.35. The summed E-state index contributed by atoms with van der Waals surface area (Å²) in [6.07, 6.45) is 3.46. The van der Waals surface area contributed by atoms with Crippen molar-refractivity contribution < 1.29 is 4.79 Å². The molecule has 2 aromatic rings. The lowest BCUT2D eigenvalue weighted by Gasteiger charge is -2.15. The predicted octanol–water partition coefficient (Wildman–Crippen LogP) is 2.13. The third-order valence-corrected chi connectivity index (χ3v) is 4.26. The van der Waals surface area contributed by atoms with Crippen molar-refractivity contribution in [1.82, 2.24) is 15.1 Å². The van der Waals surface area contributed by atoms with Gasteiger partial charge in [-0.25, -0.2) is 4.68 Å². The average Bonchev–Trinajstić information content (AvgIpc) is 3.12. The van der Waals surface area contributed by atoms with Crippen LogP contribution in [0, 0.1) is 0 Å². The van der Waals surface area contributed by atoms with Gasteiger partial charge in [-0.3, -0.25) is 10.1 Å². The molecule has 3 rings (SSSR count). The number of hydrogen-bond donors (Lipinski definition) is 2. The molecule has 1 saturated heterocycles. The van der Waals surface area contributed by atoms with E-state index in [0.29, 0.717) is 16.4 Å². The first-order valence-corrected chi connectivity index (χ1v) is 7.69. The monoisotopic (exact) mass is 308 g/mol. The van der Waals surface area contributed by atoms with Gasteiger partial charge in [-0.15, -0.1) is 11.8 Å². The summed E-state index contributed by atoms with van der Waals surface area (Å²) in [5.41, 5.74) is 1.34. The Labute approximate surface area is 125 Å². The van der Waals surface area contributed by atoms with E-state index < -0.39 is 0 Å². The number of thioether (sulfide) groups is 1. The van der Waals surface area contributed by atoms with Crippen LogP contribution in [0.3, 0.4) is 0 Å². The fourth-order valence-corrected chi connectivity index (χ4v) is 3.24. The number of hydrogen-bond acceptors (Lipinski definition) is 4. The van der Waals surface area contributed by atoms with Crippen LogP contribution in [0.5, 0.6) is 0 Å². The molecule has 1 aliphatic heterocycles. The maximum Gasteiger partial charge on any atom is 0.242 e. The van der Waals surface area contributed by atoms with Gasteiger partial charge in [0.25, 0.3) is 0 Å². The summed E-state index contributed by atoms with van der Waals surface area (Å²) < 4.78 is 1.65. The molecule has 1 aliphatic rings. The van der Waals surface area contributed by atoms with Crippen molar-refractivity contribution >= 4 is 35.0 Å². The highest BCUT2D eigenvalue weighted by Crippen LogP contribution is 2.28. The molecule has 0 saturated carbocycles.